The number of nitrogens with one attached hydrogen (secondary N) is 1. The highest BCUT2D eigenvalue weighted by atomic mass is 79.9. The molecule has 126 valence electrons. The lowest BCUT2D eigenvalue weighted by atomic mass is 10.1. The third-order valence-electron chi connectivity index (χ3n) is 3.48. The normalized spacial score (nSPS) is 16.3. The van der Waals surface area contributed by atoms with Crippen LogP contribution in [0, 0.1) is 0 Å². The summed E-state index contributed by atoms with van der Waals surface area (Å²) in [6.07, 6.45) is 1.22. The summed E-state index contributed by atoms with van der Waals surface area (Å²) in [5, 5.41) is 12.2. The fraction of sp³-hybridized carbons (Fsp3) is 0. The third-order valence-corrected chi connectivity index (χ3v) is 4.30. The van der Waals surface area contributed by atoms with E-state index in [2.05, 4.69) is 21.2 Å². The number of hydrogen-bond acceptors (Lipinski definition) is 4. The maximum absolute atomic E-state index is 12.7. The van der Waals surface area contributed by atoms with Crippen molar-refractivity contribution in [2.45, 2.75) is 0 Å². The van der Waals surface area contributed by atoms with Crippen molar-refractivity contribution in [2.24, 2.45) is 0 Å². The van der Waals surface area contributed by atoms with Crippen molar-refractivity contribution in [3.63, 3.8) is 0 Å². The van der Waals surface area contributed by atoms with Gasteiger partial charge in [-0.05, 0) is 36.4 Å². The second-order valence-corrected chi connectivity index (χ2v) is 6.44. The Bertz CT molecular complexity index is 942. The van der Waals surface area contributed by atoms with Crippen LogP contribution in [0.1, 0.15) is 5.56 Å². The minimum absolute atomic E-state index is 0.113. The number of carbonyl (C=O) groups excluding carboxylic acids is 3. The number of benzene rings is 2. The summed E-state index contributed by atoms with van der Waals surface area (Å²) in [5.74, 6) is -1.80. The molecule has 1 saturated heterocycles. The SMILES string of the molecule is O=C1NC(=O)N(c2ccccc2Cl)C(=O)/C1=C/c1cc(Br)ccc1O. The summed E-state index contributed by atoms with van der Waals surface area (Å²) in [4.78, 5) is 37.7. The predicted octanol–water partition coefficient (Wildman–Crippen LogP) is 3.47. The lowest BCUT2D eigenvalue weighted by molar-refractivity contribution is -0.122. The second-order valence-electron chi connectivity index (χ2n) is 5.11. The lowest BCUT2D eigenvalue weighted by Gasteiger charge is -2.27. The number of nitrogens with zero attached hydrogens (tertiary/aromatic N) is 1. The number of halogens is 2. The third kappa shape index (κ3) is 3.29. The maximum atomic E-state index is 12.7. The number of para-hydroxylation sites is 1. The molecule has 4 amide bonds. The van der Waals surface area contributed by atoms with Crippen molar-refractivity contribution >= 4 is 57.1 Å². The Hall–Kier alpha value is -2.64. The van der Waals surface area contributed by atoms with Gasteiger partial charge in [0.1, 0.15) is 11.3 Å². The largest absolute Gasteiger partial charge is 0.507 e. The first-order chi connectivity index (χ1) is 11.9. The summed E-state index contributed by atoms with van der Waals surface area (Å²) in [5.41, 5.74) is 0.109. The van der Waals surface area contributed by atoms with Crippen molar-refractivity contribution in [1.29, 1.82) is 0 Å². The zero-order valence-electron chi connectivity index (χ0n) is 12.5. The Morgan fingerprint density at radius 1 is 1.12 bits per heavy atom. The molecule has 0 saturated carbocycles. The van der Waals surface area contributed by atoms with Crippen LogP contribution < -0.4 is 10.2 Å². The van der Waals surface area contributed by atoms with E-state index >= 15 is 0 Å². The molecule has 2 aromatic rings. The molecular formula is C17H10BrClN2O4. The van der Waals surface area contributed by atoms with Crippen LogP contribution in [-0.2, 0) is 9.59 Å². The second kappa shape index (κ2) is 6.70. The van der Waals surface area contributed by atoms with Gasteiger partial charge in [-0.1, -0.05) is 39.7 Å². The Balaban J connectivity index is 2.09. The van der Waals surface area contributed by atoms with Crippen LogP contribution in [0.15, 0.2) is 52.5 Å². The van der Waals surface area contributed by atoms with E-state index in [1.165, 1.54) is 24.3 Å². The van der Waals surface area contributed by atoms with Gasteiger partial charge < -0.3 is 5.11 Å². The number of carbonyl (C=O) groups is 3. The monoisotopic (exact) mass is 420 g/mol. The van der Waals surface area contributed by atoms with E-state index in [1.54, 1.807) is 24.3 Å². The molecule has 2 aromatic carbocycles. The van der Waals surface area contributed by atoms with Gasteiger partial charge in [0.2, 0.25) is 0 Å². The molecule has 1 aliphatic heterocycles. The zero-order chi connectivity index (χ0) is 18.1. The number of aromatic hydroxyl groups is 1. The van der Waals surface area contributed by atoms with Gasteiger partial charge in [0.15, 0.2) is 0 Å². The molecule has 1 heterocycles. The highest BCUT2D eigenvalue weighted by molar-refractivity contribution is 9.10. The standard InChI is InChI=1S/C17H10BrClN2O4/c18-10-5-6-14(22)9(7-10)8-11-15(23)20-17(25)21(16(11)24)13-4-2-1-3-12(13)19/h1-8,22H,(H,20,23,25)/b11-8+. The summed E-state index contributed by atoms with van der Waals surface area (Å²) in [6, 6.07) is 9.96. The smallest absolute Gasteiger partial charge is 0.335 e. The number of anilines is 1. The zero-order valence-corrected chi connectivity index (χ0v) is 14.8. The number of imide groups is 2. The van der Waals surface area contributed by atoms with Crippen LogP contribution in [0.3, 0.4) is 0 Å². The van der Waals surface area contributed by atoms with Crippen LogP contribution in [-0.4, -0.2) is 23.0 Å². The quantitative estimate of drug-likeness (QED) is 0.574. The predicted molar refractivity (Wildman–Crippen MR) is 96.3 cm³/mol. The maximum Gasteiger partial charge on any atom is 0.335 e. The van der Waals surface area contributed by atoms with Crippen molar-refractivity contribution in [3.05, 3.63) is 63.1 Å². The number of phenols is 1. The molecule has 1 fully saturated rings. The van der Waals surface area contributed by atoms with Gasteiger partial charge in [-0.25, -0.2) is 9.69 Å². The molecule has 0 bridgehead atoms. The topological polar surface area (TPSA) is 86.7 Å². The lowest BCUT2D eigenvalue weighted by Crippen LogP contribution is -2.54. The molecule has 3 rings (SSSR count). The van der Waals surface area contributed by atoms with Crippen molar-refractivity contribution < 1.29 is 19.5 Å². The van der Waals surface area contributed by atoms with Gasteiger partial charge in [-0.2, -0.15) is 0 Å². The van der Waals surface area contributed by atoms with E-state index in [0.29, 0.717) is 4.47 Å². The summed E-state index contributed by atoms with van der Waals surface area (Å²) in [7, 11) is 0. The van der Waals surface area contributed by atoms with E-state index in [0.717, 1.165) is 4.90 Å². The van der Waals surface area contributed by atoms with E-state index in [-0.39, 0.29) is 27.6 Å². The first kappa shape index (κ1) is 17.2. The van der Waals surface area contributed by atoms with E-state index in [4.69, 9.17) is 11.6 Å². The number of phenolic OH excluding ortho intramolecular Hbond substituents is 1. The molecule has 6 nitrogen and oxygen atoms in total. The van der Waals surface area contributed by atoms with E-state index in [1.807, 2.05) is 0 Å². The first-order valence-corrected chi connectivity index (χ1v) is 8.20. The van der Waals surface area contributed by atoms with Gasteiger partial charge in [-0.3, -0.25) is 14.9 Å². The molecule has 0 spiro atoms. The van der Waals surface area contributed by atoms with Gasteiger partial charge in [0.05, 0.1) is 10.7 Å². The Morgan fingerprint density at radius 2 is 1.84 bits per heavy atom. The fourth-order valence-corrected chi connectivity index (χ4v) is 2.90. The highest BCUT2D eigenvalue weighted by Gasteiger charge is 2.37. The van der Waals surface area contributed by atoms with Crippen LogP contribution in [0.25, 0.3) is 6.08 Å². The Kier molecular flexibility index (Phi) is 4.61. The molecule has 0 aliphatic carbocycles. The fourth-order valence-electron chi connectivity index (χ4n) is 2.31. The minimum atomic E-state index is -0.890. The Labute approximate surface area is 155 Å². The molecule has 1 aliphatic rings. The Morgan fingerprint density at radius 3 is 2.56 bits per heavy atom. The van der Waals surface area contributed by atoms with E-state index < -0.39 is 17.8 Å². The van der Waals surface area contributed by atoms with Crippen molar-refractivity contribution in [3.8, 4) is 5.75 Å². The summed E-state index contributed by atoms with van der Waals surface area (Å²) in [6.45, 7) is 0. The molecule has 0 radical (unpaired) electrons. The average molecular weight is 422 g/mol. The molecule has 25 heavy (non-hydrogen) atoms. The van der Waals surface area contributed by atoms with Gasteiger partial charge >= 0.3 is 6.03 Å². The number of hydrogen-bond donors (Lipinski definition) is 2. The van der Waals surface area contributed by atoms with Crippen molar-refractivity contribution in [1.82, 2.24) is 5.32 Å². The van der Waals surface area contributed by atoms with Crippen LogP contribution in [0.5, 0.6) is 5.75 Å². The average Bonchev–Trinajstić information content (AvgIpc) is 2.56. The minimum Gasteiger partial charge on any atom is -0.507 e. The number of rotatable bonds is 2. The number of urea groups is 1. The molecular weight excluding hydrogens is 412 g/mol. The first-order valence-electron chi connectivity index (χ1n) is 7.03. The number of amides is 4. The van der Waals surface area contributed by atoms with Crippen molar-refractivity contribution in [2.75, 3.05) is 4.90 Å². The molecule has 0 atom stereocenters. The van der Waals surface area contributed by atoms with E-state index in [9.17, 15) is 19.5 Å². The molecule has 0 aromatic heterocycles. The summed E-state index contributed by atoms with van der Waals surface area (Å²) < 4.78 is 0.653. The van der Waals surface area contributed by atoms with Gasteiger partial charge in [0, 0.05) is 10.0 Å². The highest BCUT2D eigenvalue weighted by Crippen LogP contribution is 2.30. The van der Waals surface area contributed by atoms with Crippen LogP contribution in [0.2, 0.25) is 5.02 Å². The molecule has 0 unspecified atom stereocenters. The number of barbiturate groups is 1. The molecule has 2 N–H and O–H groups in total. The summed E-state index contributed by atoms with van der Waals surface area (Å²) >= 11 is 9.31. The van der Waals surface area contributed by atoms with Gasteiger partial charge in [0.25, 0.3) is 11.8 Å². The molecule has 8 heteroatoms. The van der Waals surface area contributed by atoms with Gasteiger partial charge in [-0.15, -0.1) is 0 Å². The van der Waals surface area contributed by atoms with Crippen LogP contribution in [0.4, 0.5) is 10.5 Å². The van der Waals surface area contributed by atoms with Crippen LogP contribution >= 0.6 is 27.5 Å².